The van der Waals surface area contributed by atoms with Crippen LogP contribution in [0.25, 0.3) is 0 Å². The van der Waals surface area contributed by atoms with Crippen LogP contribution >= 0.6 is 11.6 Å². The maximum atomic E-state index is 12.8. The number of allylic oxidation sites excluding steroid dienone is 4. The fraction of sp³-hybridized carbons (Fsp3) is 0.200. The number of hydrogen-bond donors (Lipinski definition) is 2. The summed E-state index contributed by atoms with van der Waals surface area (Å²) in [5, 5.41) is 5.81. The molecule has 2 aliphatic rings. The van der Waals surface area contributed by atoms with Crippen molar-refractivity contribution in [2.45, 2.75) is 19.9 Å². The van der Waals surface area contributed by atoms with E-state index in [1.54, 1.807) is 0 Å². The van der Waals surface area contributed by atoms with E-state index in [4.69, 9.17) is 16.3 Å². The molecule has 1 aromatic rings. The Morgan fingerprint density at radius 3 is 2.78 bits per heavy atom. The van der Waals surface area contributed by atoms with E-state index in [0.29, 0.717) is 17.0 Å². The van der Waals surface area contributed by atoms with E-state index >= 15 is 0 Å². The van der Waals surface area contributed by atoms with Crippen molar-refractivity contribution < 1.29 is 14.3 Å². The Morgan fingerprint density at radius 2 is 2.07 bits per heavy atom. The van der Waals surface area contributed by atoms with E-state index in [1.165, 1.54) is 26.2 Å². The third kappa shape index (κ3) is 4.06. The van der Waals surface area contributed by atoms with Crippen LogP contribution in [0.4, 0.5) is 5.69 Å². The summed E-state index contributed by atoms with van der Waals surface area (Å²) in [6, 6.07) is 2.76. The molecule has 0 bridgehead atoms. The van der Waals surface area contributed by atoms with Crippen LogP contribution in [-0.4, -0.2) is 29.9 Å². The first-order valence-corrected chi connectivity index (χ1v) is 8.77. The van der Waals surface area contributed by atoms with Gasteiger partial charge in [-0.15, -0.1) is 0 Å². The van der Waals surface area contributed by atoms with Gasteiger partial charge < -0.3 is 20.3 Å². The summed E-state index contributed by atoms with van der Waals surface area (Å²) in [5.41, 5.74) is 2.78. The van der Waals surface area contributed by atoms with E-state index in [-0.39, 0.29) is 22.9 Å². The molecule has 0 spiro atoms. The van der Waals surface area contributed by atoms with Gasteiger partial charge >= 0.3 is 0 Å². The number of halogens is 1. The fourth-order valence-electron chi connectivity index (χ4n) is 2.91. The van der Waals surface area contributed by atoms with Gasteiger partial charge in [-0.1, -0.05) is 17.7 Å². The highest BCUT2D eigenvalue weighted by Gasteiger charge is 2.21. The Morgan fingerprint density at radius 1 is 1.30 bits per heavy atom. The van der Waals surface area contributed by atoms with Crippen molar-refractivity contribution in [3.8, 4) is 5.75 Å². The third-order valence-electron chi connectivity index (χ3n) is 4.20. The molecule has 1 aromatic carbocycles. The topological polar surface area (TPSA) is 70.7 Å². The van der Waals surface area contributed by atoms with Crippen LogP contribution in [0.15, 0.2) is 60.1 Å². The highest BCUT2D eigenvalue weighted by Crippen LogP contribution is 2.31. The minimum Gasteiger partial charge on any atom is -0.496 e. The highest BCUT2D eigenvalue weighted by atomic mass is 35.5. The summed E-state index contributed by atoms with van der Waals surface area (Å²) < 4.78 is 5.30. The lowest BCUT2D eigenvalue weighted by Crippen LogP contribution is -2.35. The van der Waals surface area contributed by atoms with Crippen molar-refractivity contribution in [2.75, 3.05) is 12.4 Å². The van der Waals surface area contributed by atoms with Gasteiger partial charge in [0.1, 0.15) is 5.75 Å². The summed E-state index contributed by atoms with van der Waals surface area (Å²) in [6.07, 6.45) is 11.8. The van der Waals surface area contributed by atoms with Crippen molar-refractivity contribution >= 4 is 29.1 Å². The summed E-state index contributed by atoms with van der Waals surface area (Å²) >= 11 is 6.20. The largest absolute Gasteiger partial charge is 0.496 e. The molecule has 1 atom stereocenters. The Balaban J connectivity index is 1.81. The molecule has 1 unspecified atom stereocenters. The van der Waals surface area contributed by atoms with Crippen molar-refractivity contribution in [1.82, 2.24) is 10.2 Å². The van der Waals surface area contributed by atoms with Crippen LogP contribution in [0.5, 0.6) is 5.75 Å². The fourth-order valence-corrected chi connectivity index (χ4v) is 3.12. The van der Waals surface area contributed by atoms with Crippen molar-refractivity contribution in [3.05, 3.63) is 70.7 Å². The number of carbonyl (C=O) groups excluding carboxylic acids is 2. The van der Waals surface area contributed by atoms with Crippen molar-refractivity contribution in [1.29, 1.82) is 0 Å². The van der Waals surface area contributed by atoms with Crippen LogP contribution in [0.3, 0.4) is 0 Å². The van der Waals surface area contributed by atoms with E-state index in [9.17, 15) is 9.59 Å². The van der Waals surface area contributed by atoms with Crippen LogP contribution in [0.2, 0.25) is 5.02 Å². The van der Waals surface area contributed by atoms with Gasteiger partial charge in [-0.3, -0.25) is 9.59 Å². The number of ether oxygens (including phenoxy) is 1. The van der Waals surface area contributed by atoms with Crippen LogP contribution < -0.4 is 15.4 Å². The zero-order valence-corrected chi connectivity index (χ0v) is 16.0. The van der Waals surface area contributed by atoms with Crippen LogP contribution in [0, 0.1) is 0 Å². The summed E-state index contributed by atoms with van der Waals surface area (Å²) in [5.74, 6) is -0.259. The normalized spacial score (nSPS) is 17.6. The summed E-state index contributed by atoms with van der Waals surface area (Å²) in [7, 11) is 1.46. The maximum absolute atomic E-state index is 12.8. The van der Waals surface area contributed by atoms with E-state index < -0.39 is 0 Å². The maximum Gasteiger partial charge on any atom is 0.255 e. The molecule has 0 fully saturated rings. The number of rotatable bonds is 4. The Kier molecular flexibility index (Phi) is 5.37. The van der Waals surface area contributed by atoms with Gasteiger partial charge in [0.2, 0.25) is 5.91 Å². The molecule has 2 aliphatic heterocycles. The number of benzene rings is 1. The number of amides is 2. The standard InChI is InChI=1S/C20H20ClN3O3/c1-12-5-4-6-15-9-14(7-8-24(12)15)23-20(26)16-10-17(21)18(22-13(2)25)11-19(16)27-3/h4-11,14H,1-3H3,(H,22,25)(H,23,26). The first-order valence-electron chi connectivity index (χ1n) is 8.39. The monoisotopic (exact) mass is 385 g/mol. The molecule has 0 saturated heterocycles. The van der Waals surface area contributed by atoms with Crippen molar-refractivity contribution in [2.24, 2.45) is 0 Å². The molecule has 0 aliphatic carbocycles. The number of nitrogens with one attached hydrogen (secondary N) is 2. The molecule has 2 heterocycles. The zero-order chi connectivity index (χ0) is 19.6. The number of fused-ring (bicyclic) bond motifs is 1. The van der Waals surface area contributed by atoms with Crippen molar-refractivity contribution in [3.63, 3.8) is 0 Å². The highest BCUT2D eigenvalue weighted by molar-refractivity contribution is 6.34. The first kappa shape index (κ1) is 18.8. The van der Waals surface area contributed by atoms with Gasteiger partial charge in [0.25, 0.3) is 5.91 Å². The first-order chi connectivity index (χ1) is 12.9. The molecule has 3 rings (SSSR count). The lowest BCUT2D eigenvalue weighted by molar-refractivity contribution is -0.114. The Bertz CT molecular complexity index is 915. The minimum atomic E-state index is -0.324. The Labute approximate surface area is 162 Å². The number of nitrogens with zero attached hydrogens (tertiary/aromatic N) is 1. The van der Waals surface area contributed by atoms with Gasteiger partial charge in [0.15, 0.2) is 0 Å². The van der Waals surface area contributed by atoms with Crippen LogP contribution in [0.1, 0.15) is 24.2 Å². The van der Waals surface area contributed by atoms with Gasteiger partial charge in [-0.2, -0.15) is 0 Å². The zero-order valence-electron chi connectivity index (χ0n) is 15.2. The quantitative estimate of drug-likeness (QED) is 0.830. The predicted octanol–water partition coefficient (Wildman–Crippen LogP) is 3.59. The van der Waals surface area contributed by atoms with Gasteiger partial charge in [-0.05, 0) is 37.3 Å². The third-order valence-corrected chi connectivity index (χ3v) is 4.51. The molecule has 0 saturated carbocycles. The van der Waals surface area contributed by atoms with E-state index in [0.717, 1.165) is 11.4 Å². The molecule has 0 radical (unpaired) electrons. The average Bonchev–Trinajstić information content (AvgIpc) is 2.62. The molecule has 0 aromatic heterocycles. The lowest BCUT2D eigenvalue weighted by atomic mass is 10.1. The number of methoxy groups -OCH3 is 1. The summed E-state index contributed by atoms with van der Waals surface area (Å²) in [4.78, 5) is 26.1. The average molecular weight is 386 g/mol. The van der Waals surface area contributed by atoms with E-state index in [1.807, 2.05) is 48.4 Å². The molecule has 140 valence electrons. The molecule has 7 heteroatoms. The SMILES string of the molecule is COc1cc(NC(C)=O)c(Cl)cc1C(=O)NC1C=CN2C(C)=CC=CC2=C1. The molecule has 27 heavy (non-hydrogen) atoms. The number of anilines is 1. The Hall–Kier alpha value is -2.99. The predicted molar refractivity (Wildman–Crippen MR) is 106 cm³/mol. The number of carbonyl (C=O) groups is 2. The number of hydrogen-bond acceptors (Lipinski definition) is 4. The smallest absolute Gasteiger partial charge is 0.255 e. The molecular weight excluding hydrogens is 366 g/mol. The van der Waals surface area contributed by atoms with Gasteiger partial charge in [-0.25, -0.2) is 0 Å². The molecular formula is C20H20ClN3O3. The second kappa shape index (κ2) is 7.72. The second-order valence-corrected chi connectivity index (χ2v) is 6.59. The van der Waals surface area contributed by atoms with Gasteiger partial charge in [0, 0.05) is 30.6 Å². The summed E-state index contributed by atoms with van der Waals surface area (Å²) in [6.45, 7) is 3.40. The van der Waals surface area contributed by atoms with Crippen LogP contribution in [-0.2, 0) is 4.79 Å². The molecule has 2 N–H and O–H groups in total. The molecule has 6 nitrogen and oxygen atoms in total. The lowest BCUT2D eigenvalue weighted by Gasteiger charge is -2.30. The second-order valence-electron chi connectivity index (χ2n) is 6.18. The van der Waals surface area contributed by atoms with Gasteiger partial charge in [0.05, 0.1) is 29.4 Å². The molecule has 2 amide bonds. The van der Waals surface area contributed by atoms with E-state index in [2.05, 4.69) is 10.6 Å². The minimum absolute atomic E-state index is 0.260.